The number of benzene rings is 3. The van der Waals surface area contributed by atoms with Crippen LogP contribution in [0.2, 0.25) is 0 Å². The van der Waals surface area contributed by atoms with E-state index < -0.39 is 23.9 Å². The summed E-state index contributed by atoms with van der Waals surface area (Å²) in [7, 11) is 0. The average Bonchev–Trinajstić information content (AvgIpc) is 3.01. The van der Waals surface area contributed by atoms with E-state index in [1.807, 2.05) is 60.4 Å². The van der Waals surface area contributed by atoms with Gasteiger partial charge in [-0.3, -0.25) is 0 Å². The minimum atomic E-state index is -0.750. The van der Waals surface area contributed by atoms with Crippen molar-refractivity contribution < 1.29 is 38.1 Å². The van der Waals surface area contributed by atoms with Crippen LogP contribution in [0.3, 0.4) is 0 Å². The predicted molar refractivity (Wildman–Crippen MR) is 168 cm³/mol. The van der Waals surface area contributed by atoms with E-state index in [1.54, 1.807) is 52.0 Å². The molecular formula is C35H37NO8. The molecule has 0 amide bonds. The largest absolute Gasteiger partial charge is 0.462 e. The molecule has 0 bridgehead atoms. The van der Waals surface area contributed by atoms with E-state index in [0.717, 1.165) is 22.6 Å². The highest BCUT2D eigenvalue weighted by Gasteiger charge is 2.22. The van der Waals surface area contributed by atoms with Gasteiger partial charge in [0, 0.05) is 17.1 Å². The van der Waals surface area contributed by atoms with Gasteiger partial charge in [-0.05, 0) is 94.3 Å². The third-order valence-electron chi connectivity index (χ3n) is 6.20. The lowest BCUT2D eigenvalue weighted by Gasteiger charge is -2.26. The van der Waals surface area contributed by atoms with Crippen LogP contribution in [0.4, 0.5) is 17.1 Å². The smallest absolute Gasteiger partial charge is 0.345 e. The average molecular weight is 600 g/mol. The summed E-state index contributed by atoms with van der Waals surface area (Å²) in [5.41, 5.74) is 4.45. The number of anilines is 3. The molecule has 0 unspecified atom stereocenters. The number of hydrogen-bond donors (Lipinski definition) is 0. The Morgan fingerprint density at radius 1 is 0.500 bits per heavy atom. The first-order valence-corrected chi connectivity index (χ1v) is 14.4. The first-order chi connectivity index (χ1) is 21.2. The molecule has 44 heavy (non-hydrogen) atoms. The molecule has 0 atom stereocenters. The van der Waals surface area contributed by atoms with Gasteiger partial charge < -0.3 is 23.8 Å². The molecule has 9 nitrogen and oxygen atoms in total. The van der Waals surface area contributed by atoms with Gasteiger partial charge in [-0.15, -0.1) is 0 Å². The second-order valence-electron chi connectivity index (χ2n) is 9.35. The summed E-state index contributed by atoms with van der Waals surface area (Å²) in [5.74, 6) is -3.00. The van der Waals surface area contributed by atoms with Crippen molar-refractivity contribution >= 4 is 53.1 Å². The number of ether oxygens (including phenoxy) is 4. The summed E-state index contributed by atoms with van der Waals surface area (Å²) in [6.07, 6.45) is 2.89. The Labute approximate surface area is 257 Å². The molecule has 9 heteroatoms. The van der Waals surface area contributed by atoms with Gasteiger partial charge in [0.15, 0.2) is 0 Å². The van der Waals surface area contributed by atoms with Crippen molar-refractivity contribution in [3.05, 3.63) is 101 Å². The molecule has 0 spiro atoms. The van der Waals surface area contributed by atoms with Crippen LogP contribution in [-0.2, 0) is 38.1 Å². The zero-order chi connectivity index (χ0) is 32.1. The molecule has 0 N–H and O–H groups in total. The Morgan fingerprint density at radius 2 is 0.773 bits per heavy atom. The Kier molecular flexibility index (Phi) is 12.5. The lowest BCUT2D eigenvalue weighted by atomic mass is 10.1. The molecule has 0 aromatic heterocycles. The SMILES string of the molecule is CCOC(=O)C(=Cc1ccc(N(c2ccc(C)cc2)c2ccc(C=C(C(=O)OCC)C(=O)OCC)cc2)cc1)C(=O)OCC. The first-order valence-electron chi connectivity index (χ1n) is 14.4. The molecule has 0 saturated heterocycles. The molecule has 0 saturated carbocycles. The highest BCUT2D eigenvalue weighted by molar-refractivity contribution is 6.18. The van der Waals surface area contributed by atoms with Gasteiger partial charge in [0.05, 0.1) is 26.4 Å². The predicted octanol–water partition coefficient (Wildman–Crippen LogP) is 6.48. The molecule has 0 aliphatic heterocycles. The highest BCUT2D eigenvalue weighted by Crippen LogP contribution is 2.35. The van der Waals surface area contributed by atoms with Gasteiger partial charge >= 0.3 is 23.9 Å². The highest BCUT2D eigenvalue weighted by atomic mass is 16.6. The fourth-order valence-corrected chi connectivity index (χ4v) is 4.15. The van der Waals surface area contributed by atoms with Gasteiger partial charge in [0.2, 0.25) is 0 Å². The molecule has 0 aliphatic carbocycles. The van der Waals surface area contributed by atoms with Crippen molar-refractivity contribution in [3.63, 3.8) is 0 Å². The second kappa shape index (κ2) is 16.5. The number of carbonyl (C=O) groups excluding carboxylic acids is 4. The maximum atomic E-state index is 12.4. The summed E-state index contributed by atoms with van der Waals surface area (Å²) in [6.45, 7) is 9.17. The minimum absolute atomic E-state index is 0.127. The molecule has 0 heterocycles. The van der Waals surface area contributed by atoms with Crippen molar-refractivity contribution in [2.75, 3.05) is 31.3 Å². The van der Waals surface area contributed by atoms with Crippen LogP contribution in [0.25, 0.3) is 12.2 Å². The topological polar surface area (TPSA) is 108 Å². The second-order valence-corrected chi connectivity index (χ2v) is 9.35. The van der Waals surface area contributed by atoms with Gasteiger partial charge in [-0.2, -0.15) is 0 Å². The van der Waals surface area contributed by atoms with Crippen LogP contribution < -0.4 is 4.90 Å². The maximum Gasteiger partial charge on any atom is 0.345 e. The van der Waals surface area contributed by atoms with E-state index in [9.17, 15) is 19.2 Å². The number of aryl methyl sites for hydroxylation is 1. The Hall–Kier alpha value is -5.18. The van der Waals surface area contributed by atoms with Crippen molar-refractivity contribution in [2.24, 2.45) is 0 Å². The van der Waals surface area contributed by atoms with Crippen LogP contribution in [0.5, 0.6) is 0 Å². The number of nitrogens with zero attached hydrogens (tertiary/aromatic N) is 1. The van der Waals surface area contributed by atoms with E-state index >= 15 is 0 Å². The van der Waals surface area contributed by atoms with Crippen LogP contribution >= 0.6 is 0 Å². The minimum Gasteiger partial charge on any atom is -0.462 e. The molecule has 0 radical (unpaired) electrons. The summed E-state index contributed by atoms with van der Waals surface area (Å²) in [4.78, 5) is 51.7. The molecule has 230 valence electrons. The molecule has 3 aromatic carbocycles. The van der Waals surface area contributed by atoms with E-state index in [1.165, 1.54) is 12.2 Å². The van der Waals surface area contributed by atoms with E-state index in [2.05, 4.69) is 0 Å². The van der Waals surface area contributed by atoms with Crippen molar-refractivity contribution in [2.45, 2.75) is 34.6 Å². The zero-order valence-corrected chi connectivity index (χ0v) is 25.6. The lowest BCUT2D eigenvalue weighted by Crippen LogP contribution is -2.18. The Bertz CT molecular complexity index is 1370. The summed E-state index contributed by atoms with van der Waals surface area (Å²) in [6, 6.07) is 22.6. The zero-order valence-electron chi connectivity index (χ0n) is 25.6. The van der Waals surface area contributed by atoms with E-state index in [-0.39, 0.29) is 37.6 Å². The normalized spacial score (nSPS) is 10.2. The van der Waals surface area contributed by atoms with Gasteiger partial charge in [0.25, 0.3) is 0 Å². The summed E-state index contributed by atoms with van der Waals surface area (Å²) in [5, 5.41) is 0. The Balaban J connectivity index is 2.02. The summed E-state index contributed by atoms with van der Waals surface area (Å²) < 4.78 is 20.2. The Morgan fingerprint density at radius 3 is 1.05 bits per heavy atom. The van der Waals surface area contributed by atoms with Crippen LogP contribution in [0, 0.1) is 6.92 Å². The number of esters is 4. The standard InChI is InChI=1S/C35H37NO8/c1-6-41-32(37)30(33(38)42-7-2)22-25-12-18-28(19-13-25)36(27-16-10-24(5)11-17-27)29-20-14-26(15-21-29)23-31(34(39)43-8-3)35(40)44-9-4/h10-23H,6-9H2,1-5H3. The molecule has 0 aliphatic rings. The van der Waals surface area contributed by atoms with Crippen molar-refractivity contribution in [1.29, 1.82) is 0 Å². The van der Waals surface area contributed by atoms with Crippen molar-refractivity contribution in [3.8, 4) is 0 Å². The van der Waals surface area contributed by atoms with Crippen LogP contribution in [0.1, 0.15) is 44.4 Å². The van der Waals surface area contributed by atoms with Gasteiger partial charge in [0.1, 0.15) is 11.1 Å². The molecule has 3 rings (SSSR count). The third-order valence-corrected chi connectivity index (χ3v) is 6.20. The van der Waals surface area contributed by atoms with Gasteiger partial charge in [-0.25, -0.2) is 19.2 Å². The number of carbonyl (C=O) groups is 4. The lowest BCUT2D eigenvalue weighted by molar-refractivity contribution is -0.148. The fourth-order valence-electron chi connectivity index (χ4n) is 4.15. The van der Waals surface area contributed by atoms with E-state index in [4.69, 9.17) is 18.9 Å². The molecule has 3 aromatic rings. The third kappa shape index (κ3) is 8.91. The molecule has 0 fully saturated rings. The first kappa shape index (κ1) is 33.3. The fraction of sp³-hybridized carbons (Fsp3) is 0.257. The monoisotopic (exact) mass is 599 g/mol. The van der Waals surface area contributed by atoms with Gasteiger partial charge in [-0.1, -0.05) is 42.0 Å². The summed E-state index contributed by atoms with van der Waals surface area (Å²) >= 11 is 0. The number of rotatable bonds is 13. The molecular weight excluding hydrogens is 562 g/mol. The quantitative estimate of drug-likeness (QED) is 0.0717. The maximum absolute atomic E-state index is 12.4. The number of hydrogen-bond acceptors (Lipinski definition) is 9. The van der Waals surface area contributed by atoms with Crippen LogP contribution in [0.15, 0.2) is 83.9 Å². The van der Waals surface area contributed by atoms with Crippen molar-refractivity contribution in [1.82, 2.24) is 0 Å². The van der Waals surface area contributed by atoms with Crippen LogP contribution in [-0.4, -0.2) is 50.3 Å². The van der Waals surface area contributed by atoms with E-state index in [0.29, 0.717) is 11.1 Å².